The quantitative estimate of drug-likeness (QED) is 0.566. The SMILES string of the molecule is CCC(C)CC(NN)C1CCC(F)(F)CC1. The molecule has 3 N–H and O–H groups in total. The van der Waals surface area contributed by atoms with Gasteiger partial charge in [-0.2, -0.15) is 0 Å². The molecule has 0 aromatic carbocycles. The molecule has 0 radical (unpaired) electrons. The van der Waals surface area contributed by atoms with Crippen LogP contribution in [0.25, 0.3) is 0 Å². The van der Waals surface area contributed by atoms with E-state index in [1.165, 1.54) is 0 Å². The lowest BCUT2D eigenvalue weighted by molar-refractivity contribution is -0.0503. The zero-order chi connectivity index (χ0) is 12.2. The molecule has 0 aromatic rings. The highest BCUT2D eigenvalue weighted by Crippen LogP contribution is 2.38. The van der Waals surface area contributed by atoms with Crippen molar-refractivity contribution in [1.29, 1.82) is 0 Å². The minimum atomic E-state index is -2.44. The van der Waals surface area contributed by atoms with E-state index < -0.39 is 5.92 Å². The Hall–Kier alpha value is -0.220. The smallest absolute Gasteiger partial charge is 0.248 e. The van der Waals surface area contributed by atoms with Gasteiger partial charge in [0.25, 0.3) is 0 Å². The number of hydrogen-bond acceptors (Lipinski definition) is 2. The Balaban J connectivity index is 2.43. The fourth-order valence-corrected chi connectivity index (χ4v) is 2.46. The topological polar surface area (TPSA) is 38.0 Å². The van der Waals surface area contributed by atoms with Gasteiger partial charge in [0, 0.05) is 18.9 Å². The van der Waals surface area contributed by atoms with Crippen molar-refractivity contribution < 1.29 is 8.78 Å². The summed E-state index contributed by atoms with van der Waals surface area (Å²) >= 11 is 0. The molecule has 0 saturated heterocycles. The zero-order valence-electron chi connectivity index (χ0n) is 10.3. The fraction of sp³-hybridized carbons (Fsp3) is 1.00. The van der Waals surface area contributed by atoms with Crippen LogP contribution in [0.1, 0.15) is 52.4 Å². The Bertz CT molecular complexity index is 199. The molecule has 1 fully saturated rings. The molecule has 0 spiro atoms. The molecule has 1 rings (SSSR count). The van der Waals surface area contributed by atoms with E-state index in [1.54, 1.807) is 0 Å². The van der Waals surface area contributed by atoms with Crippen molar-refractivity contribution in [1.82, 2.24) is 5.43 Å². The average Bonchev–Trinajstić information content (AvgIpc) is 2.26. The zero-order valence-corrected chi connectivity index (χ0v) is 10.3. The Kier molecular flexibility index (Phi) is 5.12. The minimum Gasteiger partial charge on any atom is -0.271 e. The third kappa shape index (κ3) is 3.98. The first-order chi connectivity index (χ1) is 7.48. The summed E-state index contributed by atoms with van der Waals surface area (Å²) in [6, 6.07) is 0.200. The van der Waals surface area contributed by atoms with Gasteiger partial charge in [-0.1, -0.05) is 20.3 Å². The third-order valence-corrected chi connectivity index (χ3v) is 3.90. The molecule has 2 nitrogen and oxygen atoms in total. The molecule has 0 bridgehead atoms. The first-order valence-electron chi connectivity index (χ1n) is 6.32. The van der Waals surface area contributed by atoms with E-state index in [0.29, 0.717) is 24.7 Å². The summed E-state index contributed by atoms with van der Waals surface area (Å²) in [6.07, 6.45) is 3.34. The van der Waals surface area contributed by atoms with Crippen molar-refractivity contribution in [3.05, 3.63) is 0 Å². The van der Waals surface area contributed by atoms with Crippen molar-refractivity contribution in [2.24, 2.45) is 17.7 Å². The minimum absolute atomic E-state index is 0.0242. The summed E-state index contributed by atoms with van der Waals surface area (Å²) in [5, 5.41) is 0. The van der Waals surface area contributed by atoms with Crippen LogP contribution in [0.4, 0.5) is 8.78 Å². The normalized spacial score (nSPS) is 25.3. The van der Waals surface area contributed by atoms with E-state index >= 15 is 0 Å². The summed E-state index contributed by atoms with van der Waals surface area (Å²) < 4.78 is 26.0. The van der Waals surface area contributed by atoms with E-state index in [-0.39, 0.29) is 18.9 Å². The Morgan fingerprint density at radius 2 is 1.94 bits per heavy atom. The van der Waals surface area contributed by atoms with Gasteiger partial charge in [0.15, 0.2) is 0 Å². The van der Waals surface area contributed by atoms with Crippen molar-refractivity contribution in [2.45, 2.75) is 64.3 Å². The van der Waals surface area contributed by atoms with Gasteiger partial charge in [0.1, 0.15) is 0 Å². The van der Waals surface area contributed by atoms with Crippen LogP contribution in [0.3, 0.4) is 0 Å². The number of hydrogen-bond donors (Lipinski definition) is 2. The molecular formula is C12H24F2N2. The second kappa shape index (κ2) is 5.92. The Labute approximate surface area is 96.9 Å². The number of rotatable bonds is 5. The molecular weight excluding hydrogens is 210 g/mol. The first-order valence-corrected chi connectivity index (χ1v) is 6.32. The van der Waals surface area contributed by atoms with Gasteiger partial charge in [-0.15, -0.1) is 0 Å². The van der Waals surface area contributed by atoms with Crippen LogP contribution in [0.5, 0.6) is 0 Å². The third-order valence-electron chi connectivity index (χ3n) is 3.90. The number of hydrazine groups is 1. The molecule has 96 valence electrons. The van der Waals surface area contributed by atoms with Crippen LogP contribution < -0.4 is 11.3 Å². The van der Waals surface area contributed by atoms with Crippen LogP contribution in [-0.2, 0) is 0 Å². The van der Waals surface area contributed by atoms with Crippen molar-refractivity contribution in [2.75, 3.05) is 0 Å². The predicted molar refractivity (Wildman–Crippen MR) is 62.1 cm³/mol. The van der Waals surface area contributed by atoms with Gasteiger partial charge >= 0.3 is 0 Å². The average molecular weight is 234 g/mol. The maximum Gasteiger partial charge on any atom is 0.248 e. The Morgan fingerprint density at radius 1 is 1.38 bits per heavy atom. The lowest BCUT2D eigenvalue weighted by Crippen LogP contribution is -2.44. The van der Waals surface area contributed by atoms with Gasteiger partial charge in [0.05, 0.1) is 0 Å². The molecule has 4 heteroatoms. The van der Waals surface area contributed by atoms with Crippen molar-refractivity contribution in [3.63, 3.8) is 0 Å². The van der Waals surface area contributed by atoms with Crippen LogP contribution in [0.15, 0.2) is 0 Å². The Morgan fingerprint density at radius 3 is 2.38 bits per heavy atom. The lowest BCUT2D eigenvalue weighted by Gasteiger charge is -2.34. The summed E-state index contributed by atoms with van der Waals surface area (Å²) in [5.41, 5.74) is 2.82. The first kappa shape index (κ1) is 13.8. The maximum absolute atomic E-state index is 13.0. The van der Waals surface area contributed by atoms with E-state index in [0.717, 1.165) is 12.8 Å². The standard InChI is InChI=1S/C12H24F2N2/c1-3-9(2)8-11(16-15)10-4-6-12(13,14)7-5-10/h9-11,16H,3-8,15H2,1-2H3. The maximum atomic E-state index is 13.0. The van der Waals surface area contributed by atoms with Crippen LogP contribution in [0.2, 0.25) is 0 Å². The molecule has 0 aliphatic heterocycles. The van der Waals surface area contributed by atoms with Gasteiger partial charge < -0.3 is 0 Å². The molecule has 0 aromatic heterocycles. The van der Waals surface area contributed by atoms with Gasteiger partial charge in [-0.05, 0) is 31.1 Å². The summed E-state index contributed by atoms with van der Waals surface area (Å²) in [4.78, 5) is 0. The highest BCUT2D eigenvalue weighted by Gasteiger charge is 2.37. The second-order valence-electron chi connectivity index (χ2n) is 5.22. The van der Waals surface area contributed by atoms with Crippen LogP contribution in [-0.4, -0.2) is 12.0 Å². The van der Waals surface area contributed by atoms with Crippen LogP contribution in [0, 0.1) is 11.8 Å². The molecule has 1 aliphatic rings. The van der Waals surface area contributed by atoms with Gasteiger partial charge in [0.2, 0.25) is 5.92 Å². The molecule has 1 aliphatic carbocycles. The van der Waals surface area contributed by atoms with Crippen LogP contribution >= 0.6 is 0 Å². The number of nitrogens with one attached hydrogen (secondary N) is 1. The van der Waals surface area contributed by atoms with E-state index in [4.69, 9.17) is 5.84 Å². The van der Waals surface area contributed by atoms with Gasteiger partial charge in [-0.25, -0.2) is 8.78 Å². The summed E-state index contributed by atoms with van der Waals surface area (Å²) in [5.74, 6) is 4.02. The highest BCUT2D eigenvalue weighted by molar-refractivity contribution is 4.84. The van der Waals surface area contributed by atoms with E-state index in [1.807, 2.05) is 0 Å². The van der Waals surface area contributed by atoms with E-state index in [9.17, 15) is 8.78 Å². The molecule has 2 atom stereocenters. The monoisotopic (exact) mass is 234 g/mol. The summed E-state index contributed by atoms with van der Waals surface area (Å²) in [7, 11) is 0. The lowest BCUT2D eigenvalue weighted by atomic mass is 9.79. The highest BCUT2D eigenvalue weighted by atomic mass is 19.3. The van der Waals surface area contributed by atoms with Crippen molar-refractivity contribution in [3.8, 4) is 0 Å². The number of halogens is 2. The summed E-state index contributed by atoms with van der Waals surface area (Å²) in [6.45, 7) is 4.33. The van der Waals surface area contributed by atoms with E-state index in [2.05, 4.69) is 19.3 Å². The number of alkyl halides is 2. The molecule has 1 saturated carbocycles. The molecule has 0 heterocycles. The predicted octanol–water partition coefficient (Wildman–Crippen LogP) is 3.08. The largest absolute Gasteiger partial charge is 0.271 e. The molecule has 0 amide bonds. The number of nitrogens with two attached hydrogens (primary N) is 1. The van der Waals surface area contributed by atoms with Gasteiger partial charge in [-0.3, -0.25) is 11.3 Å². The molecule has 2 unspecified atom stereocenters. The molecule has 16 heavy (non-hydrogen) atoms. The van der Waals surface area contributed by atoms with Crippen molar-refractivity contribution >= 4 is 0 Å². The fourth-order valence-electron chi connectivity index (χ4n) is 2.46. The second-order valence-corrected chi connectivity index (χ2v) is 5.22.